The van der Waals surface area contributed by atoms with Crippen LogP contribution in [0.2, 0.25) is 0 Å². The number of carbonyl (C=O) groups excluding carboxylic acids is 1. The Bertz CT molecular complexity index is 696. The first-order valence-electron chi connectivity index (χ1n) is 7.32. The third kappa shape index (κ3) is 3.23. The fourth-order valence-corrected chi connectivity index (χ4v) is 2.64. The minimum atomic E-state index is -0.426. The maximum Gasteiger partial charge on any atom is 0.340 e. The quantitative estimate of drug-likeness (QED) is 0.821. The van der Waals surface area contributed by atoms with E-state index in [9.17, 15) is 9.59 Å². The van der Waals surface area contributed by atoms with Crippen LogP contribution in [0.1, 0.15) is 49.1 Å². The van der Waals surface area contributed by atoms with Crippen molar-refractivity contribution in [3.05, 3.63) is 28.0 Å². The summed E-state index contributed by atoms with van der Waals surface area (Å²) in [7, 11) is 1.65. The molecule has 2 N–H and O–H groups in total. The summed E-state index contributed by atoms with van der Waals surface area (Å²) in [5, 5.41) is 9.87. The molecule has 0 saturated heterocycles. The highest BCUT2D eigenvalue weighted by molar-refractivity contribution is 5.77. The summed E-state index contributed by atoms with van der Waals surface area (Å²) < 4.78 is 5.29. The van der Waals surface area contributed by atoms with E-state index in [1.165, 1.54) is 17.7 Å². The van der Waals surface area contributed by atoms with Gasteiger partial charge >= 0.3 is 5.69 Å². The zero-order valence-electron chi connectivity index (χ0n) is 12.3. The lowest BCUT2D eigenvalue weighted by atomic mass is 10.1. The van der Waals surface area contributed by atoms with Crippen molar-refractivity contribution in [2.45, 2.75) is 44.6 Å². The minimum absolute atomic E-state index is 0.0164. The van der Waals surface area contributed by atoms with E-state index in [1.54, 1.807) is 7.05 Å². The van der Waals surface area contributed by atoms with Gasteiger partial charge in [0.25, 0.3) is 0 Å². The largest absolute Gasteiger partial charge is 0.340 e. The van der Waals surface area contributed by atoms with Crippen molar-refractivity contribution >= 4 is 5.91 Å². The molecule has 2 aromatic rings. The minimum Gasteiger partial charge on any atom is -0.339 e. The molecule has 1 fully saturated rings. The molecule has 9 nitrogen and oxygen atoms in total. The Morgan fingerprint density at radius 2 is 2.18 bits per heavy atom. The van der Waals surface area contributed by atoms with Crippen LogP contribution in [0.4, 0.5) is 0 Å². The first-order valence-corrected chi connectivity index (χ1v) is 7.32. The van der Waals surface area contributed by atoms with E-state index in [0.29, 0.717) is 23.5 Å². The molecule has 9 heteroatoms. The van der Waals surface area contributed by atoms with Crippen molar-refractivity contribution < 1.29 is 9.32 Å². The molecule has 0 radical (unpaired) electrons. The van der Waals surface area contributed by atoms with Gasteiger partial charge in [-0.25, -0.2) is 9.89 Å². The van der Waals surface area contributed by atoms with Crippen LogP contribution in [0, 0.1) is 0 Å². The first-order chi connectivity index (χ1) is 10.6. The van der Waals surface area contributed by atoms with Gasteiger partial charge in [0.2, 0.25) is 11.8 Å². The lowest BCUT2D eigenvalue weighted by Crippen LogP contribution is -2.28. The average Bonchev–Trinajstić information content (AvgIpc) is 3.20. The molecule has 2 aromatic heterocycles. The molecule has 0 atom stereocenters. The molecule has 118 valence electrons. The summed E-state index contributed by atoms with van der Waals surface area (Å²) in [5.41, 5.74) is -0.426. The molecule has 0 bridgehead atoms. The smallest absolute Gasteiger partial charge is 0.339 e. The van der Waals surface area contributed by atoms with Crippen molar-refractivity contribution in [1.29, 1.82) is 0 Å². The van der Waals surface area contributed by atoms with Crippen LogP contribution in [0.5, 0.6) is 0 Å². The van der Waals surface area contributed by atoms with E-state index in [1.807, 2.05) is 0 Å². The molecule has 0 aliphatic heterocycles. The number of carbonyl (C=O) groups is 1. The van der Waals surface area contributed by atoms with Crippen LogP contribution in [-0.2, 0) is 17.8 Å². The number of amides is 1. The van der Waals surface area contributed by atoms with Crippen molar-refractivity contribution in [3.63, 3.8) is 0 Å². The van der Waals surface area contributed by atoms with Gasteiger partial charge in [0, 0.05) is 13.0 Å². The average molecular weight is 306 g/mol. The zero-order valence-corrected chi connectivity index (χ0v) is 12.3. The van der Waals surface area contributed by atoms with Gasteiger partial charge in [-0.1, -0.05) is 18.0 Å². The SMILES string of the molecule is CN(Cc1noc(C2CCCC2)n1)C(=O)Cc1n[nH]c(=O)[nH]1. The monoisotopic (exact) mass is 306 g/mol. The lowest BCUT2D eigenvalue weighted by Gasteiger charge is -2.13. The van der Waals surface area contributed by atoms with Gasteiger partial charge < -0.3 is 9.42 Å². The molecule has 1 saturated carbocycles. The van der Waals surface area contributed by atoms with Crippen LogP contribution in [-0.4, -0.2) is 43.2 Å². The predicted molar refractivity (Wildman–Crippen MR) is 74.9 cm³/mol. The normalized spacial score (nSPS) is 15.3. The summed E-state index contributed by atoms with van der Waals surface area (Å²) >= 11 is 0. The molecular weight excluding hydrogens is 288 g/mol. The Balaban J connectivity index is 1.57. The number of hydrogen-bond acceptors (Lipinski definition) is 6. The van der Waals surface area contributed by atoms with Crippen LogP contribution >= 0.6 is 0 Å². The van der Waals surface area contributed by atoms with Gasteiger partial charge in [0.15, 0.2) is 5.82 Å². The van der Waals surface area contributed by atoms with Crippen molar-refractivity contribution in [3.8, 4) is 0 Å². The Morgan fingerprint density at radius 3 is 2.86 bits per heavy atom. The van der Waals surface area contributed by atoms with E-state index in [2.05, 4.69) is 25.3 Å². The van der Waals surface area contributed by atoms with E-state index >= 15 is 0 Å². The van der Waals surface area contributed by atoms with Gasteiger partial charge in [0.1, 0.15) is 5.82 Å². The Hall–Kier alpha value is -2.45. The number of aromatic amines is 2. The molecule has 0 spiro atoms. The summed E-state index contributed by atoms with van der Waals surface area (Å²) in [6, 6.07) is 0. The molecule has 3 rings (SSSR count). The molecular formula is C13H18N6O3. The van der Waals surface area contributed by atoms with Gasteiger partial charge in [-0.3, -0.25) is 9.78 Å². The number of nitrogens with one attached hydrogen (secondary N) is 2. The van der Waals surface area contributed by atoms with Gasteiger partial charge in [-0.05, 0) is 12.8 Å². The first kappa shape index (κ1) is 14.5. The number of likely N-dealkylation sites (N-methyl/N-ethyl adjacent to an activating group) is 1. The summed E-state index contributed by atoms with van der Waals surface area (Å²) in [6.07, 6.45) is 4.58. The number of rotatable bonds is 5. The summed E-state index contributed by atoms with van der Waals surface area (Å²) in [5.74, 6) is 1.64. The second-order valence-electron chi connectivity index (χ2n) is 5.58. The fraction of sp³-hybridized carbons (Fsp3) is 0.615. The standard InChI is InChI=1S/C13H18N6O3/c1-19(11(20)6-9-15-13(21)17-16-9)7-10-14-12(22-18-10)8-4-2-3-5-8/h8H,2-7H2,1H3,(H2,15,16,17,21). The van der Waals surface area contributed by atoms with Crippen LogP contribution in [0.25, 0.3) is 0 Å². The Morgan fingerprint density at radius 1 is 1.41 bits per heavy atom. The lowest BCUT2D eigenvalue weighted by molar-refractivity contribution is -0.129. The number of nitrogens with zero attached hydrogens (tertiary/aromatic N) is 4. The maximum absolute atomic E-state index is 12.1. The predicted octanol–water partition coefficient (Wildman–Crippen LogP) is 0.340. The van der Waals surface area contributed by atoms with Crippen LogP contribution < -0.4 is 5.69 Å². The number of H-pyrrole nitrogens is 2. The molecule has 0 unspecified atom stereocenters. The van der Waals surface area contributed by atoms with Gasteiger partial charge in [-0.15, -0.1) is 0 Å². The second-order valence-corrected chi connectivity index (χ2v) is 5.58. The van der Waals surface area contributed by atoms with Crippen LogP contribution in [0.15, 0.2) is 9.32 Å². The number of hydrogen-bond donors (Lipinski definition) is 2. The topological polar surface area (TPSA) is 121 Å². The van der Waals surface area contributed by atoms with Crippen molar-refractivity contribution in [2.75, 3.05) is 7.05 Å². The highest BCUT2D eigenvalue weighted by Gasteiger charge is 2.23. The third-order valence-corrected chi connectivity index (χ3v) is 3.86. The molecule has 1 aliphatic rings. The molecule has 2 heterocycles. The number of aromatic nitrogens is 5. The van der Waals surface area contributed by atoms with Crippen LogP contribution in [0.3, 0.4) is 0 Å². The molecule has 22 heavy (non-hydrogen) atoms. The zero-order chi connectivity index (χ0) is 15.5. The molecule has 1 aliphatic carbocycles. The van der Waals surface area contributed by atoms with Crippen molar-refractivity contribution in [2.24, 2.45) is 0 Å². The van der Waals surface area contributed by atoms with Gasteiger partial charge in [0.05, 0.1) is 13.0 Å². The third-order valence-electron chi connectivity index (χ3n) is 3.86. The molecule has 1 amide bonds. The van der Waals surface area contributed by atoms with E-state index in [0.717, 1.165) is 12.8 Å². The van der Waals surface area contributed by atoms with E-state index in [4.69, 9.17) is 4.52 Å². The second kappa shape index (κ2) is 6.12. The Kier molecular flexibility index (Phi) is 4.03. The van der Waals surface area contributed by atoms with Crippen molar-refractivity contribution in [1.82, 2.24) is 30.2 Å². The van der Waals surface area contributed by atoms with Gasteiger partial charge in [-0.2, -0.15) is 10.1 Å². The highest BCUT2D eigenvalue weighted by Crippen LogP contribution is 2.32. The highest BCUT2D eigenvalue weighted by atomic mass is 16.5. The summed E-state index contributed by atoms with van der Waals surface area (Å²) in [4.78, 5) is 31.3. The van der Waals surface area contributed by atoms with E-state index < -0.39 is 5.69 Å². The maximum atomic E-state index is 12.1. The van der Waals surface area contributed by atoms with E-state index in [-0.39, 0.29) is 18.9 Å². The summed E-state index contributed by atoms with van der Waals surface area (Å²) in [6.45, 7) is 0.268. The molecule has 0 aromatic carbocycles. The fourth-order valence-electron chi connectivity index (χ4n) is 2.64. The Labute approximate surface area is 126 Å².